The zero-order valence-electron chi connectivity index (χ0n) is 12.9. The van der Waals surface area contributed by atoms with E-state index in [4.69, 9.17) is 0 Å². The Morgan fingerprint density at radius 3 is 2.57 bits per heavy atom. The fourth-order valence-electron chi connectivity index (χ4n) is 2.81. The van der Waals surface area contributed by atoms with Crippen LogP contribution < -0.4 is 10.2 Å². The van der Waals surface area contributed by atoms with Gasteiger partial charge < -0.3 is 20.2 Å². The zero-order chi connectivity index (χ0) is 16.2. The molecule has 1 aliphatic carbocycles. The number of urea groups is 1. The maximum Gasteiger partial charge on any atom is 0.326 e. The number of nitrogens with zero attached hydrogens (tertiary/aromatic N) is 4. The second-order valence-electron chi connectivity index (χ2n) is 5.98. The summed E-state index contributed by atoms with van der Waals surface area (Å²) in [6.45, 7) is 2.55. The smallest absolute Gasteiger partial charge is 0.326 e. The lowest BCUT2D eigenvalue weighted by molar-refractivity contribution is -0.139. The van der Waals surface area contributed by atoms with E-state index >= 15 is 0 Å². The highest BCUT2D eigenvalue weighted by atomic mass is 16.4. The highest BCUT2D eigenvalue weighted by Gasteiger charge is 2.38. The van der Waals surface area contributed by atoms with Crippen molar-refractivity contribution in [2.75, 3.05) is 31.1 Å². The molecule has 2 amide bonds. The Labute approximate surface area is 134 Å². The van der Waals surface area contributed by atoms with Gasteiger partial charge in [0.25, 0.3) is 0 Å². The highest BCUT2D eigenvalue weighted by molar-refractivity contribution is 5.83. The first kappa shape index (κ1) is 15.5. The lowest BCUT2D eigenvalue weighted by Crippen LogP contribution is -2.49. The molecule has 2 fully saturated rings. The summed E-state index contributed by atoms with van der Waals surface area (Å²) >= 11 is 0. The predicted octanol–water partition coefficient (Wildman–Crippen LogP) is 0.561. The van der Waals surface area contributed by atoms with Crippen LogP contribution >= 0.6 is 0 Å². The van der Waals surface area contributed by atoms with Gasteiger partial charge in [-0.15, -0.1) is 0 Å². The topological polar surface area (TPSA) is 98.7 Å². The number of hydrogen-bond acceptors (Lipinski definition) is 5. The van der Waals surface area contributed by atoms with Crippen molar-refractivity contribution in [2.45, 2.75) is 25.3 Å². The molecule has 3 rings (SSSR count). The van der Waals surface area contributed by atoms with Crippen LogP contribution in [0.3, 0.4) is 0 Å². The molecule has 1 atom stereocenters. The Morgan fingerprint density at radius 2 is 1.91 bits per heavy atom. The minimum absolute atomic E-state index is 0.0812. The van der Waals surface area contributed by atoms with Crippen LogP contribution in [-0.2, 0) is 4.79 Å². The zero-order valence-corrected chi connectivity index (χ0v) is 12.9. The van der Waals surface area contributed by atoms with Crippen LogP contribution in [0.15, 0.2) is 18.5 Å². The molecule has 8 nitrogen and oxygen atoms in total. The Bertz CT molecular complexity index is 563. The van der Waals surface area contributed by atoms with Crippen LogP contribution in [0.25, 0.3) is 0 Å². The van der Waals surface area contributed by atoms with E-state index in [-0.39, 0.29) is 11.9 Å². The molecule has 2 aliphatic rings. The summed E-state index contributed by atoms with van der Waals surface area (Å²) in [6.07, 6.45) is 5.94. The second-order valence-corrected chi connectivity index (χ2v) is 5.98. The molecule has 8 heteroatoms. The van der Waals surface area contributed by atoms with Crippen LogP contribution in [0, 0.1) is 5.92 Å². The molecule has 1 saturated heterocycles. The number of aromatic nitrogens is 2. The van der Waals surface area contributed by atoms with Crippen LogP contribution in [0.4, 0.5) is 10.7 Å². The summed E-state index contributed by atoms with van der Waals surface area (Å²) < 4.78 is 0. The number of amides is 2. The summed E-state index contributed by atoms with van der Waals surface area (Å²) in [5.41, 5.74) is 0. The Morgan fingerprint density at radius 1 is 1.17 bits per heavy atom. The van der Waals surface area contributed by atoms with Crippen molar-refractivity contribution in [2.24, 2.45) is 5.92 Å². The van der Waals surface area contributed by atoms with Gasteiger partial charge in [0.2, 0.25) is 5.95 Å². The minimum atomic E-state index is -0.949. The SMILES string of the molecule is O=C(O)C(NC(=O)N1CCCN(c2ncccn2)CC1)C1CC1. The monoisotopic (exact) mass is 319 g/mol. The summed E-state index contributed by atoms with van der Waals surface area (Å²) in [4.78, 5) is 35.8. The van der Waals surface area contributed by atoms with Gasteiger partial charge in [0.15, 0.2) is 0 Å². The van der Waals surface area contributed by atoms with Gasteiger partial charge >= 0.3 is 12.0 Å². The number of rotatable bonds is 4. The Hall–Kier alpha value is -2.38. The average Bonchev–Trinajstić information content (AvgIpc) is 3.39. The van der Waals surface area contributed by atoms with E-state index in [2.05, 4.69) is 15.3 Å². The standard InChI is InChI=1S/C15H21N5O3/c21-13(22)12(11-3-4-11)18-15(23)20-8-2-7-19(9-10-20)14-16-5-1-6-17-14/h1,5-6,11-12H,2-4,7-10H2,(H,18,23)(H,21,22). The van der Waals surface area contributed by atoms with Crippen molar-refractivity contribution in [1.29, 1.82) is 0 Å². The maximum atomic E-state index is 12.3. The van der Waals surface area contributed by atoms with Crippen molar-refractivity contribution in [1.82, 2.24) is 20.2 Å². The molecule has 23 heavy (non-hydrogen) atoms. The second kappa shape index (κ2) is 6.80. The van der Waals surface area contributed by atoms with Gasteiger partial charge in [-0.25, -0.2) is 19.6 Å². The number of carbonyl (C=O) groups excluding carboxylic acids is 1. The third-order valence-electron chi connectivity index (χ3n) is 4.26. The summed E-state index contributed by atoms with van der Waals surface area (Å²) in [6, 6.07) is 0.713. The summed E-state index contributed by atoms with van der Waals surface area (Å²) in [7, 11) is 0. The maximum absolute atomic E-state index is 12.3. The molecule has 1 saturated carbocycles. The molecule has 1 aromatic rings. The molecular formula is C15H21N5O3. The summed E-state index contributed by atoms with van der Waals surface area (Å²) in [5, 5.41) is 11.9. The van der Waals surface area contributed by atoms with Crippen molar-refractivity contribution in [3.8, 4) is 0 Å². The van der Waals surface area contributed by atoms with E-state index in [9.17, 15) is 14.7 Å². The van der Waals surface area contributed by atoms with Crippen molar-refractivity contribution < 1.29 is 14.7 Å². The van der Waals surface area contributed by atoms with Gasteiger partial charge in [-0.2, -0.15) is 0 Å². The van der Waals surface area contributed by atoms with Crippen LogP contribution in [0.1, 0.15) is 19.3 Å². The van der Waals surface area contributed by atoms with E-state index in [1.165, 1.54) is 0 Å². The van der Waals surface area contributed by atoms with Gasteiger partial charge in [-0.1, -0.05) is 0 Å². The quantitative estimate of drug-likeness (QED) is 0.841. The van der Waals surface area contributed by atoms with Crippen LogP contribution in [-0.4, -0.2) is 64.2 Å². The van der Waals surface area contributed by atoms with E-state index in [0.29, 0.717) is 25.6 Å². The van der Waals surface area contributed by atoms with Gasteiger partial charge in [0.05, 0.1) is 0 Å². The Balaban J connectivity index is 1.57. The number of aliphatic carboxylic acids is 1. The number of carboxylic acids is 1. The van der Waals surface area contributed by atoms with E-state index in [0.717, 1.165) is 25.8 Å². The largest absolute Gasteiger partial charge is 0.480 e. The highest BCUT2D eigenvalue weighted by Crippen LogP contribution is 2.32. The van der Waals surface area contributed by atoms with Crippen molar-refractivity contribution in [3.63, 3.8) is 0 Å². The fraction of sp³-hybridized carbons (Fsp3) is 0.600. The lowest BCUT2D eigenvalue weighted by Gasteiger charge is -2.24. The molecule has 1 aliphatic heterocycles. The predicted molar refractivity (Wildman–Crippen MR) is 83.1 cm³/mol. The van der Waals surface area contributed by atoms with Gasteiger partial charge in [0, 0.05) is 38.6 Å². The third kappa shape index (κ3) is 3.88. The van der Waals surface area contributed by atoms with Crippen molar-refractivity contribution in [3.05, 3.63) is 18.5 Å². The Kier molecular flexibility index (Phi) is 4.59. The average molecular weight is 319 g/mol. The fourth-order valence-corrected chi connectivity index (χ4v) is 2.81. The molecule has 124 valence electrons. The molecule has 1 aromatic heterocycles. The van der Waals surface area contributed by atoms with Gasteiger partial charge in [-0.3, -0.25) is 0 Å². The molecule has 0 radical (unpaired) electrons. The molecule has 0 aromatic carbocycles. The molecule has 2 heterocycles. The first-order valence-electron chi connectivity index (χ1n) is 7.95. The molecule has 0 bridgehead atoms. The van der Waals surface area contributed by atoms with Crippen molar-refractivity contribution >= 4 is 17.9 Å². The number of hydrogen-bond donors (Lipinski definition) is 2. The number of carboxylic acid groups (broad SMARTS) is 1. The minimum Gasteiger partial charge on any atom is -0.480 e. The number of carbonyl (C=O) groups is 2. The van der Waals surface area contributed by atoms with Crippen LogP contribution in [0.2, 0.25) is 0 Å². The summed E-state index contributed by atoms with van der Waals surface area (Å²) in [5.74, 6) is -0.205. The molecule has 0 spiro atoms. The molecule has 2 N–H and O–H groups in total. The third-order valence-corrected chi connectivity index (χ3v) is 4.26. The number of anilines is 1. The van der Waals surface area contributed by atoms with E-state index < -0.39 is 12.0 Å². The first-order valence-corrected chi connectivity index (χ1v) is 7.95. The van der Waals surface area contributed by atoms with E-state index in [1.807, 2.05) is 4.90 Å². The van der Waals surface area contributed by atoms with Crippen LogP contribution in [0.5, 0.6) is 0 Å². The van der Waals surface area contributed by atoms with E-state index in [1.54, 1.807) is 23.4 Å². The number of nitrogens with one attached hydrogen (secondary N) is 1. The normalized spacial score (nSPS) is 19.8. The molecular weight excluding hydrogens is 298 g/mol. The molecule has 1 unspecified atom stereocenters. The first-order chi connectivity index (χ1) is 11.1. The van der Waals surface area contributed by atoms with Gasteiger partial charge in [0.1, 0.15) is 6.04 Å². The lowest BCUT2D eigenvalue weighted by atomic mass is 10.2. The van der Waals surface area contributed by atoms with Gasteiger partial charge in [-0.05, 0) is 31.2 Å².